The summed E-state index contributed by atoms with van der Waals surface area (Å²) in [4.78, 5) is 24.7. The number of benzene rings is 2. The van der Waals surface area contributed by atoms with Crippen LogP contribution in [0.4, 0.5) is 4.39 Å². The topological polar surface area (TPSA) is 67.9 Å². The molecule has 0 spiro atoms. The van der Waals surface area contributed by atoms with E-state index in [4.69, 9.17) is 9.72 Å². The first-order valence-electron chi connectivity index (χ1n) is 11.7. The minimum Gasteiger partial charge on any atom is -0.462 e. The van der Waals surface area contributed by atoms with Crippen molar-refractivity contribution in [2.24, 2.45) is 5.92 Å². The second-order valence-electron chi connectivity index (χ2n) is 9.04. The number of nitrogens with one attached hydrogen (secondary N) is 1. The highest BCUT2D eigenvalue weighted by molar-refractivity contribution is 5.93. The van der Waals surface area contributed by atoms with Gasteiger partial charge in [-0.1, -0.05) is 6.92 Å². The fourth-order valence-electron chi connectivity index (χ4n) is 5.23. The van der Waals surface area contributed by atoms with Crippen LogP contribution < -0.4 is 0 Å². The Hall–Kier alpha value is -3.28. The number of ether oxygens (including phenoxy) is 1. The number of hydrogen-bond donors (Lipinski definition) is 1. The number of carbonyl (C=O) groups is 1. The highest BCUT2D eigenvalue weighted by Gasteiger charge is 2.29. The lowest BCUT2D eigenvalue weighted by Gasteiger charge is -2.32. The number of aromatic amines is 1. The van der Waals surface area contributed by atoms with Gasteiger partial charge in [0.1, 0.15) is 11.6 Å². The lowest BCUT2D eigenvalue weighted by molar-refractivity contribution is 0.0526. The number of H-pyrrole nitrogens is 1. The van der Waals surface area contributed by atoms with Gasteiger partial charge in [-0.15, -0.1) is 0 Å². The molecule has 0 bridgehead atoms. The van der Waals surface area contributed by atoms with E-state index in [0.29, 0.717) is 24.0 Å². The number of carbonyl (C=O) groups excluding carboxylic acids is 1. The Labute approximate surface area is 192 Å². The highest BCUT2D eigenvalue weighted by Crippen LogP contribution is 2.43. The molecule has 1 saturated carbocycles. The van der Waals surface area contributed by atoms with Crippen LogP contribution in [-0.4, -0.2) is 27.5 Å². The van der Waals surface area contributed by atoms with Gasteiger partial charge in [0.25, 0.3) is 0 Å². The van der Waals surface area contributed by atoms with Crippen molar-refractivity contribution in [2.45, 2.75) is 51.4 Å². The van der Waals surface area contributed by atoms with Crippen LogP contribution in [0.1, 0.15) is 73.1 Å². The van der Waals surface area contributed by atoms with Crippen LogP contribution >= 0.6 is 0 Å². The molecule has 1 atom stereocenters. The molecule has 1 fully saturated rings. The van der Waals surface area contributed by atoms with Gasteiger partial charge in [-0.2, -0.15) is 0 Å². The molecule has 5 nitrogen and oxygen atoms in total. The first-order valence-corrected chi connectivity index (χ1v) is 11.7. The van der Waals surface area contributed by atoms with Gasteiger partial charge in [0, 0.05) is 17.5 Å². The largest absolute Gasteiger partial charge is 0.462 e. The average Bonchev–Trinajstić information content (AvgIpc) is 3.27. The van der Waals surface area contributed by atoms with Gasteiger partial charge in [-0.3, -0.25) is 4.98 Å². The van der Waals surface area contributed by atoms with Crippen molar-refractivity contribution >= 4 is 27.9 Å². The highest BCUT2D eigenvalue weighted by atomic mass is 19.1. The van der Waals surface area contributed by atoms with E-state index in [9.17, 15) is 9.18 Å². The molecule has 1 aliphatic carbocycles. The monoisotopic (exact) mass is 445 g/mol. The van der Waals surface area contributed by atoms with Crippen LogP contribution in [0.15, 0.2) is 48.7 Å². The lowest BCUT2D eigenvalue weighted by atomic mass is 9.73. The van der Waals surface area contributed by atoms with E-state index in [1.807, 2.05) is 12.3 Å². The normalized spacial score (nSPS) is 19.6. The van der Waals surface area contributed by atoms with E-state index in [1.54, 1.807) is 31.2 Å². The summed E-state index contributed by atoms with van der Waals surface area (Å²) in [6.07, 6.45) is 6.16. The smallest absolute Gasteiger partial charge is 0.338 e. The summed E-state index contributed by atoms with van der Waals surface area (Å²) in [5, 5.41) is 0.934. The van der Waals surface area contributed by atoms with E-state index < -0.39 is 0 Å². The SMILES string of the molecule is CCOC(=O)c1ccc2[nH]c(C(C)[C@H]3CC[C@@H](c4ccnc5ccc(F)cc54)CC3)nc2c1. The molecule has 0 amide bonds. The molecule has 1 aliphatic rings. The molecule has 6 heteroatoms. The summed E-state index contributed by atoms with van der Waals surface area (Å²) >= 11 is 0. The van der Waals surface area contributed by atoms with Gasteiger partial charge < -0.3 is 9.72 Å². The number of rotatable bonds is 5. The molecule has 2 aromatic carbocycles. The molecule has 1 N–H and O–H groups in total. The zero-order chi connectivity index (χ0) is 22.9. The quantitative estimate of drug-likeness (QED) is 0.356. The molecular weight excluding hydrogens is 417 g/mol. The van der Waals surface area contributed by atoms with Crippen molar-refractivity contribution in [3.05, 3.63) is 71.4 Å². The number of nitrogens with zero attached hydrogens (tertiary/aromatic N) is 2. The van der Waals surface area contributed by atoms with Crippen LogP contribution in [0.25, 0.3) is 21.9 Å². The molecule has 2 aromatic heterocycles. The van der Waals surface area contributed by atoms with Gasteiger partial charge >= 0.3 is 5.97 Å². The third-order valence-electron chi connectivity index (χ3n) is 7.10. The molecule has 0 saturated heterocycles. The number of aromatic nitrogens is 3. The van der Waals surface area contributed by atoms with Crippen molar-refractivity contribution in [2.75, 3.05) is 6.61 Å². The lowest BCUT2D eigenvalue weighted by Crippen LogP contribution is -2.19. The van der Waals surface area contributed by atoms with Crippen molar-refractivity contribution in [1.29, 1.82) is 0 Å². The van der Waals surface area contributed by atoms with Crippen molar-refractivity contribution < 1.29 is 13.9 Å². The third-order valence-corrected chi connectivity index (χ3v) is 7.10. The Bertz CT molecular complexity index is 1310. The maximum absolute atomic E-state index is 13.9. The number of pyridine rings is 1. The third kappa shape index (κ3) is 4.22. The second-order valence-corrected chi connectivity index (χ2v) is 9.04. The molecule has 0 radical (unpaired) electrons. The van der Waals surface area contributed by atoms with Crippen molar-refractivity contribution in [1.82, 2.24) is 15.0 Å². The maximum atomic E-state index is 13.9. The van der Waals surface area contributed by atoms with Crippen LogP contribution in [0.3, 0.4) is 0 Å². The fourth-order valence-corrected chi connectivity index (χ4v) is 5.23. The van der Waals surface area contributed by atoms with E-state index in [0.717, 1.165) is 53.4 Å². The van der Waals surface area contributed by atoms with E-state index in [1.165, 1.54) is 11.6 Å². The predicted octanol–water partition coefficient (Wildman–Crippen LogP) is 6.50. The van der Waals surface area contributed by atoms with Gasteiger partial charge in [0.15, 0.2) is 0 Å². The molecule has 4 aromatic rings. The van der Waals surface area contributed by atoms with E-state index in [-0.39, 0.29) is 17.7 Å². The Morgan fingerprint density at radius 2 is 1.94 bits per heavy atom. The number of hydrogen-bond acceptors (Lipinski definition) is 4. The number of esters is 1. The summed E-state index contributed by atoms with van der Waals surface area (Å²) in [6.45, 7) is 4.38. The summed E-state index contributed by atoms with van der Waals surface area (Å²) in [5.74, 6) is 1.66. The number of halogens is 1. The molecule has 2 heterocycles. The average molecular weight is 446 g/mol. The zero-order valence-electron chi connectivity index (χ0n) is 19.0. The van der Waals surface area contributed by atoms with Gasteiger partial charge in [-0.25, -0.2) is 14.2 Å². The molecule has 33 heavy (non-hydrogen) atoms. The predicted molar refractivity (Wildman–Crippen MR) is 127 cm³/mol. The van der Waals surface area contributed by atoms with Crippen LogP contribution in [-0.2, 0) is 4.74 Å². The van der Waals surface area contributed by atoms with E-state index in [2.05, 4.69) is 23.0 Å². The maximum Gasteiger partial charge on any atom is 0.338 e. The summed E-state index contributed by atoms with van der Waals surface area (Å²) in [7, 11) is 0. The van der Waals surface area contributed by atoms with Crippen LogP contribution in [0, 0.1) is 11.7 Å². The van der Waals surface area contributed by atoms with Gasteiger partial charge in [0.05, 0.1) is 28.7 Å². The standard InChI is InChI=1S/C27H28FN3O2/c1-3-33-27(32)19-8-10-24-25(14-19)31-26(30-24)16(2)17-4-6-18(7-5-17)21-12-13-29-23-11-9-20(28)15-22(21)23/h8-18H,3-7H2,1-2H3,(H,30,31)/t16?,17-,18+. The van der Waals surface area contributed by atoms with Crippen LogP contribution in [0.5, 0.6) is 0 Å². The van der Waals surface area contributed by atoms with Crippen LogP contribution in [0.2, 0.25) is 0 Å². The molecule has 0 aliphatic heterocycles. The minimum absolute atomic E-state index is 0.213. The number of fused-ring (bicyclic) bond motifs is 2. The Morgan fingerprint density at radius 1 is 1.12 bits per heavy atom. The Morgan fingerprint density at radius 3 is 2.73 bits per heavy atom. The van der Waals surface area contributed by atoms with Gasteiger partial charge in [-0.05, 0) is 92.5 Å². The first-order chi connectivity index (χ1) is 16.0. The molecule has 1 unspecified atom stereocenters. The molecule has 5 rings (SSSR count). The fraction of sp³-hybridized carbons (Fsp3) is 0.370. The molecular formula is C27H28FN3O2. The van der Waals surface area contributed by atoms with Crippen molar-refractivity contribution in [3.63, 3.8) is 0 Å². The Balaban J connectivity index is 1.31. The summed E-state index contributed by atoms with van der Waals surface area (Å²) < 4.78 is 19.0. The zero-order valence-corrected chi connectivity index (χ0v) is 19.0. The van der Waals surface area contributed by atoms with Crippen molar-refractivity contribution in [3.8, 4) is 0 Å². The van der Waals surface area contributed by atoms with E-state index >= 15 is 0 Å². The summed E-state index contributed by atoms with van der Waals surface area (Å²) in [5.41, 5.74) is 4.32. The Kier molecular flexibility index (Phi) is 5.83. The molecule has 170 valence electrons. The minimum atomic E-state index is -0.321. The summed E-state index contributed by atoms with van der Waals surface area (Å²) in [6, 6.07) is 12.4. The first kappa shape index (κ1) is 21.6. The number of imidazole rings is 1. The van der Waals surface area contributed by atoms with Gasteiger partial charge in [0.2, 0.25) is 0 Å². The second kappa shape index (κ2) is 8.93.